The predicted octanol–water partition coefficient (Wildman–Crippen LogP) is 12.9. The minimum Gasteiger partial charge on any atom is -0.456 e. The van der Waals surface area contributed by atoms with Crippen LogP contribution in [-0.4, -0.2) is 15.0 Å². The zero-order valence-electron chi connectivity index (χ0n) is 31.3. The van der Waals surface area contributed by atoms with Crippen molar-refractivity contribution in [3.8, 4) is 33.9 Å². The van der Waals surface area contributed by atoms with Crippen molar-refractivity contribution in [3.05, 3.63) is 179 Å². The van der Waals surface area contributed by atoms with Crippen LogP contribution in [0.4, 0.5) is 0 Å². The van der Waals surface area contributed by atoms with Crippen molar-refractivity contribution < 1.29 is 8.83 Å². The Morgan fingerprint density at radius 2 is 1.26 bits per heavy atom. The van der Waals surface area contributed by atoms with Crippen molar-refractivity contribution in [2.75, 3.05) is 0 Å². The first kappa shape index (κ1) is 32.4. The molecule has 0 radical (unpaired) electrons. The molecule has 272 valence electrons. The molecule has 1 atom stereocenters. The van der Waals surface area contributed by atoms with Gasteiger partial charge in [-0.1, -0.05) is 109 Å². The Morgan fingerprint density at radius 1 is 0.526 bits per heavy atom. The zero-order chi connectivity index (χ0) is 37.5. The predicted molar refractivity (Wildman–Crippen MR) is 230 cm³/mol. The maximum Gasteiger partial charge on any atom is 0.164 e. The Kier molecular flexibility index (Phi) is 7.31. The number of para-hydroxylation sites is 2. The van der Waals surface area contributed by atoms with Crippen LogP contribution in [0.5, 0.6) is 0 Å². The van der Waals surface area contributed by atoms with E-state index in [2.05, 4.69) is 127 Å². The summed E-state index contributed by atoms with van der Waals surface area (Å²) in [6.07, 6.45) is 18.9. The fourth-order valence-electron chi connectivity index (χ4n) is 9.49. The molecule has 3 aliphatic carbocycles. The van der Waals surface area contributed by atoms with Gasteiger partial charge in [-0.15, -0.1) is 0 Å². The van der Waals surface area contributed by atoms with Crippen LogP contribution < -0.4 is 0 Å². The lowest BCUT2D eigenvalue weighted by Crippen LogP contribution is -2.08. The van der Waals surface area contributed by atoms with Crippen LogP contribution in [0.25, 0.3) is 83.9 Å². The molecule has 0 fully saturated rings. The van der Waals surface area contributed by atoms with Crippen molar-refractivity contribution in [1.29, 1.82) is 0 Å². The van der Waals surface area contributed by atoms with Crippen LogP contribution in [0.3, 0.4) is 0 Å². The molecule has 12 rings (SSSR count). The fraction of sp³-hybridized carbons (Fsp3) is 0.135. The van der Waals surface area contributed by atoms with Gasteiger partial charge in [-0.2, -0.15) is 0 Å². The maximum atomic E-state index is 6.69. The monoisotopic (exact) mass is 735 g/mol. The van der Waals surface area contributed by atoms with E-state index in [9.17, 15) is 0 Å². The molecule has 1 unspecified atom stereocenters. The van der Waals surface area contributed by atoms with Crippen molar-refractivity contribution in [1.82, 2.24) is 15.0 Å². The number of nitrogens with zero attached hydrogens (tertiary/aromatic N) is 3. The van der Waals surface area contributed by atoms with Gasteiger partial charge in [0.25, 0.3) is 0 Å². The Bertz CT molecular complexity index is 3210. The molecule has 0 saturated heterocycles. The lowest BCUT2D eigenvalue weighted by Gasteiger charge is -2.18. The molecular weight excluding hydrogens is 699 g/mol. The highest BCUT2D eigenvalue weighted by Crippen LogP contribution is 2.45. The summed E-state index contributed by atoms with van der Waals surface area (Å²) in [6, 6.07) is 39.0. The van der Waals surface area contributed by atoms with Gasteiger partial charge in [0.15, 0.2) is 11.6 Å². The SMILES string of the molecule is C1=CCC(c2nc(-c3ccc4c(c3)Cc3ccccc3CC4)nc(-c3cc(-c4cc5oc6ccccc6c5c5c4C=CCC5)cc4oc5ccccc5c34)n2)C=C1. The van der Waals surface area contributed by atoms with Crippen molar-refractivity contribution in [2.24, 2.45) is 0 Å². The highest BCUT2D eigenvalue weighted by atomic mass is 16.3. The lowest BCUT2D eigenvalue weighted by molar-refractivity contribution is 0.668. The van der Waals surface area contributed by atoms with Gasteiger partial charge in [-0.25, -0.2) is 15.0 Å². The van der Waals surface area contributed by atoms with E-state index in [-0.39, 0.29) is 5.92 Å². The third-order valence-electron chi connectivity index (χ3n) is 12.3. The Morgan fingerprint density at radius 3 is 2.09 bits per heavy atom. The van der Waals surface area contributed by atoms with Crippen LogP contribution >= 0.6 is 0 Å². The zero-order valence-corrected chi connectivity index (χ0v) is 31.3. The largest absolute Gasteiger partial charge is 0.456 e. The first-order chi connectivity index (χ1) is 28.2. The number of aromatic nitrogens is 3. The van der Waals surface area contributed by atoms with E-state index < -0.39 is 0 Å². The number of rotatable bonds is 4. The molecule has 0 spiro atoms. The standard InChI is InChI=1S/C52H37N3O2/c1-2-13-33(14-3-1)50-53-51(35-25-24-32-23-22-31-12-4-5-15-34(31)26-36(32)27-35)55-52(54-50)43-28-37(29-46-49(43)41-19-9-11-21-45(41)56-46)42-30-47-48(39-17-7-6-16-38(39)42)40-18-8-10-20-44(40)57-47/h1-6,8-13,15-16,18-21,24-25,27-30,33H,7,14,17,22-23,26H2. The Balaban J connectivity index is 1.10. The number of hydrogen-bond donors (Lipinski definition) is 0. The van der Waals surface area contributed by atoms with Crippen molar-refractivity contribution in [2.45, 2.75) is 44.4 Å². The highest BCUT2D eigenvalue weighted by Gasteiger charge is 2.25. The van der Waals surface area contributed by atoms with Gasteiger partial charge in [0.1, 0.15) is 28.2 Å². The van der Waals surface area contributed by atoms with Gasteiger partial charge in [0.2, 0.25) is 0 Å². The Hall–Kier alpha value is -6.85. The van der Waals surface area contributed by atoms with Gasteiger partial charge < -0.3 is 8.83 Å². The van der Waals surface area contributed by atoms with E-state index in [1.807, 2.05) is 18.2 Å². The number of hydrogen-bond acceptors (Lipinski definition) is 5. The van der Waals surface area contributed by atoms with Crippen LogP contribution in [-0.2, 0) is 25.7 Å². The van der Waals surface area contributed by atoms with Gasteiger partial charge in [0.05, 0.1) is 0 Å². The summed E-state index contributed by atoms with van der Waals surface area (Å²) in [5.74, 6) is 2.14. The van der Waals surface area contributed by atoms with E-state index in [0.717, 1.165) is 105 Å². The number of furan rings is 2. The fourth-order valence-corrected chi connectivity index (χ4v) is 9.49. The summed E-state index contributed by atoms with van der Waals surface area (Å²) in [4.78, 5) is 16.0. The molecule has 0 amide bonds. The molecule has 9 aromatic rings. The molecule has 3 aromatic heterocycles. The molecule has 3 aliphatic rings. The second-order valence-corrected chi connectivity index (χ2v) is 15.6. The average Bonchev–Trinajstić information content (AvgIpc) is 3.78. The quantitative estimate of drug-likeness (QED) is 0.180. The lowest BCUT2D eigenvalue weighted by atomic mass is 9.86. The summed E-state index contributed by atoms with van der Waals surface area (Å²) in [6.45, 7) is 0. The second-order valence-electron chi connectivity index (χ2n) is 15.6. The van der Waals surface area contributed by atoms with E-state index in [0.29, 0.717) is 11.6 Å². The van der Waals surface area contributed by atoms with E-state index in [4.69, 9.17) is 23.8 Å². The number of fused-ring (bicyclic) bond motifs is 10. The molecule has 0 N–H and O–H groups in total. The van der Waals surface area contributed by atoms with Crippen LogP contribution in [0.1, 0.15) is 58.0 Å². The molecular formula is C52H37N3O2. The molecule has 0 saturated carbocycles. The average molecular weight is 736 g/mol. The number of aryl methyl sites for hydroxylation is 3. The summed E-state index contributed by atoms with van der Waals surface area (Å²) in [7, 11) is 0. The number of benzene rings is 6. The van der Waals surface area contributed by atoms with Crippen molar-refractivity contribution >= 4 is 50.0 Å². The van der Waals surface area contributed by atoms with Gasteiger partial charge >= 0.3 is 0 Å². The maximum absolute atomic E-state index is 6.69. The molecule has 6 aromatic carbocycles. The first-order valence-electron chi connectivity index (χ1n) is 20.1. The normalized spacial score (nSPS) is 16.0. The first-order valence-corrected chi connectivity index (χ1v) is 20.1. The third kappa shape index (κ3) is 5.33. The van der Waals surface area contributed by atoms with Crippen LogP contribution in [0.2, 0.25) is 0 Å². The smallest absolute Gasteiger partial charge is 0.164 e. The van der Waals surface area contributed by atoms with Crippen molar-refractivity contribution in [3.63, 3.8) is 0 Å². The highest BCUT2D eigenvalue weighted by molar-refractivity contribution is 6.14. The summed E-state index contributed by atoms with van der Waals surface area (Å²) >= 11 is 0. The molecule has 3 heterocycles. The molecule has 0 aliphatic heterocycles. The number of allylic oxidation sites excluding steroid dienone is 5. The van der Waals surface area contributed by atoms with Crippen LogP contribution in [0.15, 0.2) is 148 Å². The minimum atomic E-state index is 0.0376. The van der Waals surface area contributed by atoms with E-state index in [1.54, 1.807) is 0 Å². The summed E-state index contributed by atoms with van der Waals surface area (Å²) in [5, 5.41) is 4.42. The van der Waals surface area contributed by atoms with E-state index >= 15 is 0 Å². The second kappa shape index (κ2) is 12.9. The van der Waals surface area contributed by atoms with E-state index in [1.165, 1.54) is 38.8 Å². The van der Waals surface area contributed by atoms with Gasteiger partial charge in [-0.3, -0.25) is 0 Å². The summed E-state index contributed by atoms with van der Waals surface area (Å²) in [5.41, 5.74) is 15.6. The van der Waals surface area contributed by atoms with Gasteiger partial charge in [0, 0.05) is 38.6 Å². The van der Waals surface area contributed by atoms with Gasteiger partial charge in [-0.05, 0) is 119 Å². The molecule has 5 heteroatoms. The topological polar surface area (TPSA) is 65.0 Å². The summed E-state index contributed by atoms with van der Waals surface area (Å²) < 4.78 is 13.2. The molecule has 5 nitrogen and oxygen atoms in total. The molecule has 57 heavy (non-hydrogen) atoms. The third-order valence-corrected chi connectivity index (χ3v) is 12.3. The Labute approximate surface area is 329 Å². The van der Waals surface area contributed by atoms with Crippen LogP contribution in [0, 0.1) is 0 Å². The molecule has 0 bridgehead atoms. The minimum absolute atomic E-state index is 0.0376.